The Morgan fingerprint density at radius 3 is 2.33 bits per heavy atom. The van der Waals surface area contributed by atoms with Crippen LogP contribution in [0.4, 0.5) is 0 Å². The van der Waals surface area contributed by atoms with Gasteiger partial charge in [-0.2, -0.15) is 0 Å². The highest BCUT2D eigenvalue weighted by molar-refractivity contribution is 7.88. The number of rotatable bonds is 7. The number of piperidine rings is 1. The molecular weight excluding hydrogens is 288 g/mol. The van der Waals surface area contributed by atoms with E-state index in [-0.39, 0.29) is 11.7 Å². The van der Waals surface area contributed by atoms with Crippen molar-refractivity contribution in [3.05, 3.63) is 0 Å². The monoisotopic (exact) mass is 318 g/mol. The Morgan fingerprint density at radius 2 is 1.86 bits per heavy atom. The summed E-state index contributed by atoms with van der Waals surface area (Å²) in [5.74, 6) is 0.363. The Labute approximate surface area is 129 Å². The summed E-state index contributed by atoms with van der Waals surface area (Å²) in [6.07, 6.45) is 3.50. The predicted octanol–water partition coefficient (Wildman–Crippen LogP) is 1.74. The molecule has 1 fully saturated rings. The maximum atomic E-state index is 12.6. The van der Waals surface area contributed by atoms with Crippen LogP contribution in [0.25, 0.3) is 0 Å². The van der Waals surface area contributed by atoms with Gasteiger partial charge in [-0.1, -0.05) is 13.8 Å². The number of sulfonamides is 1. The van der Waals surface area contributed by atoms with Crippen molar-refractivity contribution < 1.29 is 13.2 Å². The third-order valence-corrected chi connectivity index (χ3v) is 5.93. The molecule has 1 heterocycles. The van der Waals surface area contributed by atoms with Crippen molar-refractivity contribution in [2.45, 2.75) is 52.5 Å². The molecule has 0 radical (unpaired) electrons. The van der Waals surface area contributed by atoms with Gasteiger partial charge in [0, 0.05) is 19.5 Å². The standard InChI is InChI=1S/C15H30N2O3S/c1-6-16(7-2)15(3,4)14(18)11-13-9-8-10-17(12-13)21(5,19)20/h13H,6-12H2,1-5H3. The normalized spacial score (nSPS) is 21.7. The smallest absolute Gasteiger partial charge is 0.211 e. The first-order chi connectivity index (χ1) is 9.62. The lowest BCUT2D eigenvalue weighted by molar-refractivity contribution is -0.130. The number of carbonyl (C=O) groups is 1. The van der Waals surface area contributed by atoms with Crippen LogP contribution in [0, 0.1) is 5.92 Å². The van der Waals surface area contributed by atoms with E-state index in [2.05, 4.69) is 18.7 Å². The van der Waals surface area contributed by atoms with Crippen LogP contribution in [0.15, 0.2) is 0 Å². The van der Waals surface area contributed by atoms with Gasteiger partial charge in [-0.25, -0.2) is 12.7 Å². The maximum Gasteiger partial charge on any atom is 0.211 e. The fourth-order valence-corrected chi connectivity index (χ4v) is 4.14. The molecule has 0 spiro atoms. The highest BCUT2D eigenvalue weighted by Gasteiger charge is 2.35. The molecule has 1 unspecified atom stereocenters. The predicted molar refractivity (Wildman–Crippen MR) is 85.8 cm³/mol. The quantitative estimate of drug-likeness (QED) is 0.717. The SMILES string of the molecule is CCN(CC)C(C)(C)C(=O)CC1CCCN(S(C)(=O)=O)C1. The van der Waals surface area contributed by atoms with E-state index in [9.17, 15) is 13.2 Å². The lowest BCUT2D eigenvalue weighted by Gasteiger charge is -2.38. The zero-order valence-corrected chi connectivity index (χ0v) is 14.9. The van der Waals surface area contributed by atoms with Gasteiger partial charge in [0.05, 0.1) is 11.8 Å². The highest BCUT2D eigenvalue weighted by Crippen LogP contribution is 2.26. The molecule has 0 aromatic rings. The fraction of sp³-hybridized carbons (Fsp3) is 0.933. The summed E-state index contributed by atoms with van der Waals surface area (Å²) < 4.78 is 24.8. The van der Waals surface area contributed by atoms with Crippen molar-refractivity contribution >= 4 is 15.8 Å². The number of ketones is 1. The van der Waals surface area contributed by atoms with E-state index < -0.39 is 15.6 Å². The van der Waals surface area contributed by atoms with E-state index in [4.69, 9.17) is 0 Å². The molecule has 0 N–H and O–H groups in total. The van der Waals surface area contributed by atoms with Gasteiger partial charge < -0.3 is 0 Å². The minimum atomic E-state index is -3.14. The summed E-state index contributed by atoms with van der Waals surface area (Å²) in [7, 11) is -3.14. The average Bonchev–Trinajstić information content (AvgIpc) is 2.39. The molecular formula is C15H30N2O3S. The van der Waals surface area contributed by atoms with E-state index in [0.717, 1.165) is 25.9 Å². The van der Waals surface area contributed by atoms with Crippen LogP contribution in [-0.4, -0.2) is 61.4 Å². The van der Waals surface area contributed by atoms with Crippen LogP contribution in [0.3, 0.4) is 0 Å². The van der Waals surface area contributed by atoms with Crippen LogP contribution in [-0.2, 0) is 14.8 Å². The Kier molecular flexibility index (Phi) is 6.37. The zero-order valence-electron chi connectivity index (χ0n) is 14.1. The van der Waals surface area contributed by atoms with Crippen molar-refractivity contribution in [2.24, 2.45) is 5.92 Å². The summed E-state index contributed by atoms with van der Waals surface area (Å²) in [6.45, 7) is 10.8. The topological polar surface area (TPSA) is 57.7 Å². The summed E-state index contributed by atoms with van der Waals surface area (Å²) in [5.41, 5.74) is -0.475. The second kappa shape index (κ2) is 7.20. The van der Waals surface area contributed by atoms with Crippen LogP contribution >= 0.6 is 0 Å². The summed E-state index contributed by atoms with van der Waals surface area (Å²) in [4.78, 5) is 14.8. The van der Waals surface area contributed by atoms with Crippen molar-refractivity contribution in [1.29, 1.82) is 0 Å². The Morgan fingerprint density at radius 1 is 1.29 bits per heavy atom. The van der Waals surface area contributed by atoms with Crippen molar-refractivity contribution in [1.82, 2.24) is 9.21 Å². The summed E-state index contributed by atoms with van der Waals surface area (Å²) in [5, 5.41) is 0. The molecule has 124 valence electrons. The molecule has 0 amide bonds. The van der Waals surface area contributed by atoms with E-state index in [1.807, 2.05) is 13.8 Å². The van der Waals surface area contributed by atoms with Crippen LogP contribution in [0.1, 0.15) is 47.0 Å². The average molecular weight is 318 g/mol. The van der Waals surface area contributed by atoms with Gasteiger partial charge >= 0.3 is 0 Å². The third kappa shape index (κ3) is 4.76. The van der Waals surface area contributed by atoms with E-state index in [1.165, 1.54) is 10.6 Å². The fourth-order valence-electron chi connectivity index (χ4n) is 3.20. The first kappa shape index (κ1) is 18.6. The second-order valence-corrected chi connectivity index (χ2v) is 8.47. The van der Waals surface area contributed by atoms with Crippen LogP contribution in [0.2, 0.25) is 0 Å². The van der Waals surface area contributed by atoms with Gasteiger partial charge in [-0.05, 0) is 45.7 Å². The molecule has 1 atom stereocenters. The van der Waals surface area contributed by atoms with Gasteiger partial charge in [-0.3, -0.25) is 9.69 Å². The maximum absolute atomic E-state index is 12.6. The van der Waals surface area contributed by atoms with E-state index in [0.29, 0.717) is 19.5 Å². The molecule has 1 saturated heterocycles. The molecule has 21 heavy (non-hydrogen) atoms. The van der Waals surface area contributed by atoms with Gasteiger partial charge in [-0.15, -0.1) is 0 Å². The zero-order chi connectivity index (χ0) is 16.3. The van der Waals surface area contributed by atoms with E-state index >= 15 is 0 Å². The number of carbonyl (C=O) groups excluding carboxylic acids is 1. The molecule has 0 aromatic carbocycles. The number of nitrogens with zero attached hydrogens (tertiary/aromatic N) is 2. The largest absolute Gasteiger partial charge is 0.298 e. The van der Waals surface area contributed by atoms with Gasteiger partial charge in [0.2, 0.25) is 10.0 Å². The molecule has 0 aromatic heterocycles. The van der Waals surface area contributed by atoms with Crippen molar-refractivity contribution in [3.8, 4) is 0 Å². The van der Waals surface area contributed by atoms with Crippen LogP contribution < -0.4 is 0 Å². The lowest BCUT2D eigenvalue weighted by Crippen LogP contribution is -2.51. The first-order valence-electron chi connectivity index (χ1n) is 7.86. The molecule has 5 nitrogen and oxygen atoms in total. The lowest BCUT2D eigenvalue weighted by atomic mass is 9.86. The molecule has 0 bridgehead atoms. The van der Waals surface area contributed by atoms with Gasteiger partial charge in [0.15, 0.2) is 5.78 Å². The second-order valence-electron chi connectivity index (χ2n) is 6.49. The minimum Gasteiger partial charge on any atom is -0.298 e. The first-order valence-corrected chi connectivity index (χ1v) is 9.71. The number of hydrogen-bond acceptors (Lipinski definition) is 4. The van der Waals surface area contributed by atoms with Gasteiger partial charge in [0.1, 0.15) is 0 Å². The summed E-state index contributed by atoms with van der Waals surface area (Å²) >= 11 is 0. The number of Topliss-reactive ketones (excluding diaryl/α,β-unsaturated/α-hetero) is 1. The minimum absolute atomic E-state index is 0.149. The Bertz CT molecular complexity index is 456. The molecule has 0 aliphatic carbocycles. The molecule has 1 aliphatic heterocycles. The van der Waals surface area contributed by atoms with Crippen molar-refractivity contribution in [2.75, 3.05) is 32.4 Å². The molecule has 1 rings (SSSR count). The number of hydrogen-bond donors (Lipinski definition) is 0. The Hall–Kier alpha value is -0.460. The molecule has 0 saturated carbocycles. The summed E-state index contributed by atoms with van der Waals surface area (Å²) in [6, 6.07) is 0. The highest BCUT2D eigenvalue weighted by atomic mass is 32.2. The molecule has 1 aliphatic rings. The third-order valence-electron chi connectivity index (χ3n) is 4.66. The Balaban J connectivity index is 2.70. The molecule has 6 heteroatoms. The van der Waals surface area contributed by atoms with E-state index in [1.54, 1.807) is 0 Å². The van der Waals surface area contributed by atoms with Crippen molar-refractivity contribution in [3.63, 3.8) is 0 Å². The van der Waals surface area contributed by atoms with Gasteiger partial charge in [0.25, 0.3) is 0 Å². The van der Waals surface area contributed by atoms with Crippen LogP contribution in [0.5, 0.6) is 0 Å². The number of likely N-dealkylation sites (N-methyl/N-ethyl adjacent to an activating group) is 1.